The summed E-state index contributed by atoms with van der Waals surface area (Å²) in [5, 5.41) is 1.44. The maximum Gasteiger partial charge on any atom is 0.265 e. The van der Waals surface area contributed by atoms with E-state index in [0.29, 0.717) is 39.5 Å². The van der Waals surface area contributed by atoms with Crippen molar-refractivity contribution in [3.63, 3.8) is 0 Å². The number of nitrogens with one attached hydrogen (secondary N) is 1. The molecule has 1 aliphatic rings. The quantitative estimate of drug-likeness (QED) is 0.316. The van der Waals surface area contributed by atoms with Gasteiger partial charge in [0.25, 0.3) is 17.4 Å². The average Bonchev–Trinajstić information content (AvgIpc) is 3.49. The predicted molar refractivity (Wildman–Crippen MR) is 147 cm³/mol. The Kier molecular flexibility index (Phi) is 5.91. The van der Waals surface area contributed by atoms with E-state index in [-0.39, 0.29) is 30.2 Å². The van der Waals surface area contributed by atoms with E-state index in [1.807, 2.05) is 44.3 Å². The number of hydrogen-bond donors (Lipinski definition) is 1. The van der Waals surface area contributed by atoms with Gasteiger partial charge in [-0.25, -0.2) is 4.98 Å². The van der Waals surface area contributed by atoms with Crippen LogP contribution in [-0.2, 0) is 6.42 Å². The lowest BCUT2D eigenvalue weighted by molar-refractivity contribution is 0.0654. The number of fused-ring (bicyclic) bond motifs is 3. The van der Waals surface area contributed by atoms with Gasteiger partial charge in [-0.05, 0) is 61.7 Å². The Morgan fingerprint density at radius 2 is 1.82 bits per heavy atom. The van der Waals surface area contributed by atoms with E-state index in [1.165, 1.54) is 4.90 Å². The third-order valence-electron chi connectivity index (χ3n) is 6.83. The van der Waals surface area contributed by atoms with E-state index >= 15 is 0 Å². The lowest BCUT2D eigenvalue weighted by Crippen LogP contribution is -2.33. The fraction of sp³-hybridized carbons (Fsp3) is 0.200. The van der Waals surface area contributed by atoms with Gasteiger partial charge in [-0.2, -0.15) is 0 Å². The van der Waals surface area contributed by atoms with Gasteiger partial charge in [0.15, 0.2) is 0 Å². The highest BCUT2D eigenvalue weighted by Crippen LogP contribution is 2.32. The van der Waals surface area contributed by atoms with Crippen molar-refractivity contribution in [1.82, 2.24) is 19.4 Å². The number of H-pyrrole nitrogens is 1. The first-order chi connectivity index (χ1) is 18.9. The summed E-state index contributed by atoms with van der Waals surface area (Å²) in [6, 6.07) is 17.8. The zero-order valence-electron chi connectivity index (χ0n) is 21.7. The summed E-state index contributed by atoms with van der Waals surface area (Å²) >= 11 is 0. The molecule has 1 N–H and O–H groups in total. The molecule has 5 aromatic rings. The minimum absolute atomic E-state index is 0.0418. The predicted octanol–water partition coefficient (Wildman–Crippen LogP) is 4.50. The molecule has 0 spiro atoms. The Balaban J connectivity index is 1.42. The molecule has 0 aliphatic carbocycles. The van der Waals surface area contributed by atoms with Gasteiger partial charge < -0.3 is 14.5 Å². The van der Waals surface area contributed by atoms with Crippen LogP contribution in [0, 0.1) is 0 Å². The third kappa shape index (κ3) is 4.12. The topological polar surface area (TPSA) is 107 Å². The molecule has 2 aromatic heterocycles. The van der Waals surface area contributed by atoms with E-state index in [2.05, 4.69) is 4.98 Å². The first-order valence-corrected chi connectivity index (χ1v) is 12.7. The van der Waals surface area contributed by atoms with Gasteiger partial charge in [0.1, 0.15) is 17.3 Å². The van der Waals surface area contributed by atoms with Gasteiger partial charge in [-0.3, -0.25) is 23.9 Å². The van der Waals surface area contributed by atoms with Crippen molar-refractivity contribution in [1.29, 1.82) is 0 Å². The smallest absolute Gasteiger partial charge is 0.265 e. The van der Waals surface area contributed by atoms with Crippen molar-refractivity contribution in [2.45, 2.75) is 26.4 Å². The first-order valence-electron chi connectivity index (χ1n) is 12.7. The van der Waals surface area contributed by atoms with Crippen LogP contribution in [0.2, 0.25) is 0 Å². The van der Waals surface area contributed by atoms with Crippen LogP contribution < -0.4 is 15.0 Å². The normalized spacial score (nSPS) is 13.1. The van der Waals surface area contributed by atoms with Crippen LogP contribution in [0.3, 0.4) is 0 Å². The minimum Gasteiger partial charge on any atom is -0.497 e. The zero-order chi connectivity index (χ0) is 27.3. The summed E-state index contributed by atoms with van der Waals surface area (Å²) in [6.07, 6.45) is 1.85. The Morgan fingerprint density at radius 1 is 0.974 bits per heavy atom. The molecule has 0 saturated heterocycles. The molecule has 9 nitrogen and oxygen atoms in total. The number of aromatic nitrogens is 3. The van der Waals surface area contributed by atoms with Crippen molar-refractivity contribution in [2.75, 3.05) is 13.7 Å². The third-order valence-corrected chi connectivity index (χ3v) is 6.83. The van der Waals surface area contributed by atoms with Gasteiger partial charge in [0.05, 0.1) is 40.9 Å². The van der Waals surface area contributed by atoms with Crippen LogP contribution in [0.1, 0.15) is 40.4 Å². The van der Waals surface area contributed by atoms with Crippen molar-refractivity contribution in [2.24, 2.45) is 0 Å². The molecule has 39 heavy (non-hydrogen) atoms. The molecular weight excluding hydrogens is 496 g/mol. The number of ether oxygens (including phenoxy) is 2. The number of hydrogen-bond acceptors (Lipinski definition) is 6. The maximum atomic E-state index is 13.8. The minimum atomic E-state index is -0.421. The number of aromatic amines is 1. The summed E-state index contributed by atoms with van der Waals surface area (Å²) in [4.78, 5) is 49.6. The van der Waals surface area contributed by atoms with Crippen LogP contribution in [0.25, 0.3) is 27.5 Å². The van der Waals surface area contributed by atoms with Gasteiger partial charge in [0, 0.05) is 30.7 Å². The lowest BCUT2D eigenvalue weighted by atomic mass is 10.1. The number of amides is 2. The fourth-order valence-corrected chi connectivity index (χ4v) is 5.02. The standard InChI is InChI=1S/C30H26N4O5/c1-17(2)39-25-6-4-5-22-27(25)30(37)33(28(22)35)14-12-26-32-24-16-20(38-3)9-10-21(24)29(36)34(26)19-8-7-18-11-13-31-23(18)15-19/h4-11,13,15-17,31H,12,14H2,1-3H3. The highest BCUT2D eigenvalue weighted by atomic mass is 16.5. The molecule has 0 atom stereocenters. The van der Waals surface area contributed by atoms with Gasteiger partial charge in [-0.1, -0.05) is 12.1 Å². The fourth-order valence-electron chi connectivity index (χ4n) is 5.02. The molecule has 0 saturated carbocycles. The monoisotopic (exact) mass is 522 g/mol. The van der Waals surface area contributed by atoms with Crippen LogP contribution in [0.15, 0.2) is 71.7 Å². The SMILES string of the molecule is COc1ccc2c(=O)n(-c3ccc4cc[nH]c4c3)c(CCN3C(=O)c4cccc(OC(C)C)c4C3=O)nc2c1. The van der Waals surface area contributed by atoms with Crippen LogP contribution in [-0.4, -0.2) is 51.0 Å². The van der Waals surface area contributed by atoms with E-state index in [1.54, 1.807) is 48.1 Å². The molecule has 6 rings (SSSR count). The number of carbonyl (C=O) groups excluding carboxylic acids is 2. The lowest BCUT2D eigenvalue weighted by Gasteiger charge is -2.18. The molecule has 3 heterocycles. The van der Waals surface area contributed by atoms with Gasteiger partial charge in [-0.15, -0.1) is 0 Å². The largest absolute Gasteiger partial charge is 0.497 e. The first kappa shape index (κ1) is 24.4. The molecule has 0 fully saturated rings. The highest BCUT2D eigenvalue weighted by Gasteiger charge is 2.38. The second kappa shape index (κ2) is 9.43. The molecule has 9 heteroatoms. The number of imide groups is 1. The molecule has 2 amide bonds. The number of methoxy groups -OCH3 is 1. The molecule has 196 valence electrons. The Hall–Kier alpha value is -4.92. The van der Waals surface area contributed by atoms with Crippen molar-refractivity contribution < 1.29 is 19.1 Å². The van der Waals surface area contributed by atoms with Crippen molar-refractivity contribution >= 4 is 33.6 Å². The van der Waals surface area contributed by atoms with E-state index in [0.717, 1.165) is 10.9 Å². The van der Waals surface area contributed by atoms with Crippen LogP contribution in [0.5, 0.6) is 11.5 Å². The average molecular weight is 523 g/mol. The summed E-state index contributed by atoms with van der Waals surface area (Å²) in [5.41, 5.74) is 2.30. The van der Waals surface area contributed by atoms with E-state index in [9.17, 15) is 14.4 Å². The molecule has 0 radical (unpaired) electrons. The summed E-state index contributed by atoms with van der Waals surface area (Å²) in [7, 11) is 1.55. The second-order valence-electron chi connectivity index (χ2n) is 9.66. The van der Waals surface area contributed by atoms with E-state index in [4.69, 9.17) is 14.5 Å². The van der Waals surface area contributed by atoms with Crippen LogP contribution in [0.4, 0.5) is 0 Å². The second-order valence-corrected chi connectivity index (χ2v) is 9.66. The van der Waals surface area contributed by atoms with Crippen molar-refractivity contribution in [3.05, 3.63) is 94.2 Å². The highest BCUT2D eigenvalue weighted by molar-refractivity contribution is 6.22. The van der Waals surface area contributed by atoms with Crippen LogP contribution >= 0.6 is 0 Å². The molecule has 3 aromatic carbocycles. The van der Waals surface area contributed by atoms with Gasteiger partial charge >= 0.3 is 0 Å². The number of nitrogens with zero attached hydrogens (tertiary/aromatic N) is 3. The van der Waals surface area contributed by atoms with Gasteiger partial charge in [0.2, 0.25) is 0 Å². The van der Waals surface area contributed by atoms with E-state index < -0.39 is 11.8 Å². The Morgan fingerprint density at radius 3 is 2.62 bits per heavy atom. The summed E-state index contributed by atoms with van der Waals surface area (Å²) in [5.74, 6) is 0.560. The summed E-state index contributed by atoms with van der Waals surface area (Å²) in [6.45, 7) is 3.77. The number of carbonyl (C=O) groups is 2. The Bertz CT molecular complexity index is 1840. The molecule has 1 aliphatic heterocycles. The number of benzene rings is 3. The number of rotatable bonds is 7. The molecular formula is C30H26N4O5. The van der Waals surface area contributed by atoms with Crippen molar-refractivity contribution in [3.8, 4) is 17.2 Å². The summed E-state index contributed by atoms with van der Waals surface area (Å²) < 4.78 is 12.7. The maximum absolute atomic E-state index is 13.8. The molecule has 0 unspecified atom stereocenters. The Labute approximate surface area is 223 Å². The zero-order valence-corrected chi connectivity index (χ0v) is 21.7. The molecule has 0 bridgehead atoms.